The van der Waals surface area contributed by atoms with E-state index in [4.69, 9.17) is 11.6 Å². The molecule has 1 aliphatic heterocycles. The number of halogens is 1. The number of phenolic OH excluding ortho intramolecular Hbond substituents is 1. The minimum Gasteiger partial charge on any atom is -0.508 e. The van der Waals surface area contributed by atoms with Gasteiger partial charge in [0.1, 0.15) is 11.4 Å². The summed E-state index contributed by atoms with van der Waals surface area (Å²) in [6.45, 7) is 0. The molecule has 0 aromatic heterocycles. The van der Waals surface area contributed by atoms with Gasteiger partial charge in [-0.15, -0.1) is 0 Å². The van der Waals surface area contributed by atoms with Crippen LogP contribution < -0.4 is 10.4 Å². The smallest absolute Gasteiger partial charge is 0.280 e. The maximum absolute atomic E-state index is 13.0. The summed E-state index contributed by atoms with van der Waals surface area (Å²) in [7, 11) is 0. The van der Waals surface area contributed by atoms with Crippen LogP contribution in [0.25, 0.3) is 0 Å². The van der Waals surface area contributed by atoms with Crippen molar-refractivity contribution in [3.8, 4) is 5.75 Å². The average Bonchev–Trinajstić information content (AvgIpc) is 3.04. The molecule has 0 radical (unpaired) electrons. The maximum Gasteiger partial charge on any atom is 0.280 e. The van der Waals surface area contributed by atoms with Gasteiger partial charge in [0.25, 0.3) is 5.91 Å². The topological polar surface area (TPSA) is 89.6 Å². The fraction of sp³-hybridized carbons (Fsp3) is 0.0476. The molecule has 4 rings (SSSR count). The minimum absolute atomic E-state index is 0.0224. The third kappa shape index (κ3) is 4.09. The molecule has 1 aliphatic rings. The minimum atomic E-state index is -0.958. The van der Waals surface area contributed by atoms with Gasteiger partial charge in [0.15, 0.2) is 5.84 Å². The molecular weight excluding hydrogens is 390 g/mol. The number of nitrogens with zero attached hydrogens (tertiary/aromatic N) is 4. The molecular formula is C21H16ClN5O2. The van der Waals surface area contributed by atoms with E-state index in [2.05, 4.69) is 20.6 Å². The number of para-hydroxylation sites is 2. The first-order chi connectivity index (χ1) is 14.1. The van der Waals surface area contributed by atoms with E-state index in [1.165, 1.54) is 23.2 Å². The van der Waals surface area contributed by atoms with Crippen LogP contribution in [0.2, 0.25) is 5.02 Å². The predicted octanol–water partition coefficient (Wildman–Crippen LogP) is 4.78. The molecule has 0 spiro atoms. The number of nitrogens with one attached hydrogen (secondary N) is 1. The first-order valence-electron chi connectivity index (χ1n) is 8.80. The Balaban J connectivity index is 1.70. The zero-order valence-corrected chi connectivity index (χ0v) is 15.9. The molecule has 0 bridgehead atoms. The molecule has 0 aliphatic carbocycles. The standard InChI is InChI=1S/C21H16ClN5O2/c22-17-13-16(28)11-12-18(17)24-25-19-20(23-14-7-3-1-4-8-14)26-27(21(19)29)15-9-5-2-6-10-15/h1-13,19,28H,(H,23,26). The lowest BCUT2D eigenvalue weighted by Crippen LogP contribution is -2.35. The number of azo groups is 1. The van der Waals surface area contributed by atoms with Gasteiger partial charge in [-0.3, -0.25) is 10.2 Å². The van der Waals surface area contributed by atoms with E-state index in [0.29, 0.717) is 22.9 Å². The van der Waals surface area contributed by atoms with E-state index in [-0.39, 0.29) is 16.7 Å². The van der Waals surface area contributed by atoms with Crippen molar-refractivity contribution in [2.75, 3.05) is 5.01 Å². The Bertz CT molecular complexity index is 1090. The Kier molecular flexibility index (Phi) is 5.22. The summed E-state index contributed by atoms with van der Waals surface area (Å²) >= 11 is 6.09. The summed E-state index contributed by atoms with van der Waals surface area (Å²) in [5.41, 5.74) is 4.71. The number of hydrogen-bond donors (Lipinski definition) is 2. The third-order valence-corrected chi connectivity index (χ3v) is 4.47. The number of anilines is 1. The van der Waals surface area contributed by atoms with Crippen LogP contribution in [0.5, 0.6) is 5.75 Å². The number of carbonyl (C=O) groups excluding carboxylic acids is 1. The molecule has 0 saturated carbocycles. The molecule has 2 N–H and O–H groups in total. The van der Waals surface area contributed by atoms with Gasteiger partial charge in [0.2, 0.25) is 6.04 Å². The van der Waals surface area contributed by atoms with Crippen molar-refractivity contribution in [2.45, 2.75) is 6.04 Å². The molecule has 1 atom stereocenters. The van der Waals surface area contributed by atoms with Crippen LogP contribution in [0.15, 0.2) is 94.1 Å². The number of carbonyl (C=O) groups is 1. The lowest BCUT2D eigenvalue weighted by atomic mass is 10.2. The number of phenols is 1. The van der Waals surface area contributed by atoms with Crippen LogP contribution in [-0.2, 0) is 4.79 Å². The largest absolute Gasteiger partial charge is 0.508 e. The number of aliphatic imine (C=N–C) groups is 1. The van der Waals surface area contributed by atoms with Gasteiger partial charge in [-0.2, -0.15) is 10.2 Å². The summed E-state index contributed by atoms with van der Waals surface area (Å²) in [6, 6.07) is 21.8. The molecule has 3 aromatic carbocycles. The Morgan fingerprint density at radius 3 is 2.34 bits per heavy atom. The van der Waals surface area contributed by atoms with E-state index in [1.807, 2.05) is 48.5 Å². The van der Waals surface area contributed by atoms with Crippen molar-refractivity contribution in [1.82, 2.24) is 5.43 Å². The fourth-order valence-electron chi connectivity index (χ4n) is 2.77. The zero-order chi connectivity index (χ0) is 20.2. The number of amidine groups is 1. The number of aromatic hydroxyl groups is 1. The molecule has 1 unspecified atom stereocenters. The van der Waals surface area contributed by atoms with Gasteiger partial charge < -0.3 is 5.11 Å². The van der Waals surface area contributed by atoms with Crippen LogP contribution >= 0.6 is 11.6 Å². The van der Waals surface area contributed by atoms with Crippen molar-refractivity contribution in [1.29, 1.82) is 0 Å². The van der Waals surface area contributed by atoms with Crippen LogP contribution in [-0.4, -0.2) is 22.9 Å². The van der Waals surface area contributed by atoms with Crippen molar-refractivity contribution < 1.29 is 9.90 Å². The maximum atomic E-state index is 13.0. The zero-order valence-electron chi connectivity index (χ0n) is 15.1. The lowest BCUT2D eigenvalue weighted by molar-refractivity contribution is -0.117. The molecule has 1 heterocycles. The quantitative estimate of drug-likeness (QED) is 0.612. The highest BCUT2D eigenvalue weighted by molar-refractivity contribution is 6.33. The highest BCUT2D eigenvalue weighted by atomic mass is 35.5. The molecule has 8 heteroatoms. The van der Waals surface area contributed by atoms with Gasteiger partial charge >= 0.3 is 0 Å². The third-order valence-electron chi connectivity index (χ3n) is 4.17. The van der Waals surface area contributed by atoms with Crippen LogP contribution in [0.1, 0.15) is 0 Å². The SMILES string of the molecule is O=C1C(N=Nc2ccc(O)cc2Cl)C(=Nc2ccccc2)NN1c1ccccc1. The van der Waals surface area contributed by atoms with Gasteiger partial charge in [0.05, 0.1) is 16.4 Å². The van der Waals surface area contributed by atoms with Gasteiger partial charge in [0, 0.05) is 6.07 Å². The predicted molar refractivity (Wildman–Crippen MR) is 112 cm³/mol. The Morgan fingerprint density at radius 2 is 1.66 bits per heavy atom. The van der Waals surface area contributed by atoms with E-state index >= 15 is 0 Å². The van der Waals surface area contributed by atoms with Crippen LogP contribution in [0, 0.1) is 0 Å². The monoisotopic (exact) mass is 405 g/mol. The number of hydrazine groups is 1. The highest BCUT2D eigenvalue weighted by Gasteiger charge is 2.39. The van der Waals surface area contributed by atoms with Gasteiger partial charge in [-0.1, -0.05) is 48.0 Å². The average molecular weight is 406 g/mol. The Morgan fingerprint density at radius 1 is 0.966 bits per heavy atom. The first kappa shape index (κ1) is 18.6. The number of rotatable bonds is 4. The number of amides is 1. The van der Waals surface area contributed by atoms with E-state index < -0.39 is 6.04 Å². The fourth-order valence-corrected chi connectivity index (χ4v) is 2.98. The van der Waals surface area contributed by atoms with E-state index in [0.717, 1.165) is 0 Å². The van der Waals surface area contributed by atoms with E-state index in [1.54, 1.807) is 12.1 Å². The normalized spacial score (nSPS) is 17.8. The van der Waals surface area contributed by atoms with Crippen LogP contribution in [0.3, 0.4) is 0 Å². The number of benzene rings is 3. The molecule has 7 nitrogen and oxygen atoms in total. The van der Waals surface area contributed by atoms with E-state index in [9.17, 15) is 9.90 Å². The second-order valence-corrected chi connectivity index (χ2v) is 6.61. The van der Waals surface area contributed by atoms with Crippen molar-refractivity contribution in [2.24, 2.45) is 15.2 Å². The Hall–Kier alpha value is -3.71. The summed E-state index contributed by atoms with van der Waals surface area (Å²) in [5.74, 6) is 0.0578. The summed E-state index contributed by atoms with van der Waals surface area (Å²) < 4.78 is 0. The van der Waals surface area contributed by atoms with Crippen molar-refractivity contribution in [3.05, 3.63) is 83.9 Å². The van der Waals surface area contributed by atoms with Crippen molar-refractivity contribution >= 4 is 40.4 Å². The second kappa shape index (κ2) is 8.12. The molecule has 1 amide bonds. The molecule has 1 fully saturated rings. The second-order valence-electron chi connectivity index (χ2n) is 6.21. The summed E-state index contributed by atoms with van der Waals surface area (Å²) in [6.07, 6.45) is 0. The molecule has 29 heavy (non-hydrogen) atoms. The van der Waals surface area contributed by atoms with Gasteiger partial charge in [-0.25, -0.2) is 10.0 Å². The van der Waals surface area contributed by atoms with Gasteiger partial charge in [-0.05, 0) is 36.4 Å². The number of hydrogen-bond acceptors (Lipinski definition) is 5. The lowest BCUT2D eigenvalue weighted by Gasteiger charge is -2.15. The highest BCUT2D eigenvalue weighted by Crippen LogP contribution is 2.29. The van der Waals surface area contributed by atoms with Crippen molar-refractivity contribution in [3.63, 3.8) is 0 Å². The molecule has 1 saturated heterocycles. The summed E-state index contributed by atoms with van der Waals surface area (Å²) in [4.78, 5) is 17.6. The molecule has 3 aromatic rings. The summed E-state index contributed by atoms with van der Waals surface area (Å²) in [5, 5.41) is 19.4. The first-order valence-corrected chi connectivity index (χ1v) is 9.18. The van der Waals surface area contributed by atoms with Crippen LogP contribution in [0.4, 0.5) is 17.1 Å². The Labute approximate surface area is 172 Å². The molecule has 144 valence electrons.